The van der Waals surface area contributed by atoms with E-state index in [-0.39, 0.29) is 24.0 Å². The fourth-order valence-corrected chi connectivity index (χ4v) is 1.58. The van der Waals surface area contributed by atoms with Crippen LogP contribution in [0.4, 0.5) is 0 Å². The maximum atomic E-state index is 6.02. The molecule has 1 aromatic carbocycles. The molecule has 1 nitrogen and oxygen atoms in total. The molecule has 0 unspecified atom stereocenters. The highest BCUT2D eigenvalue weighted by Crippen LogP contribution is 2.19. The van der Waals surface area contributed by atoms with Crippen LogP contribution in [0, 0.1) is 0 Å². The van der Waals surface area contributed by atoms with Crippen molar-refractivity contribution in [2.75, 3.05) is 0 Å². The number of nitrogens with zero attached hydrogens (tertiary/aromatic N) is 1. The Morgan fingerprint density at radius 3 is 2.62 bits per heavy atom. The Morgan fingerprint density at radius 1 is 1.15 bits per heavy atom. The lowest BCUT2D eigenvalue weighted by molar-refractivity contribution is -0.644. The standard InChI is InChI=1S/C10H9ClN.HI/c1-12-7-3-4-8-9(11)5-2-6-10(8)12;/h2-7H,1H3;1H/q+1;/p-1. The second-order valence-corrected chi connectivity index (χ2v) is 3.20. The summed E-state index contributed by atoms with van der Waals surface area (Å²) in [6.45, 7) is 0. The van der Waals surface area contributed by atoms with Gasteiger partial charge in [-0.25, -0.2) is 4.57 Å². The van der Waals surface area contributed by atoms with Gasteiger partial charge in [0.1, 0.15) is 7.05 Å². The van der Waals surface area contributed by atoms with Crippen LogP contribution in [0.25, 0.3) is 10.9 Å². The molecule has 0 aliphatic heterocycles. The molecule has 0 amide bonds. The van der Waals surface area contributed by atoms with Crippen molar-refractivity contribution in [3.8, 4) is 0 Å². The fraction of sp³-hybridized carbons (Fsp3) is 0.100. The average Bonchev–Trinajstić information content (AvgIpc) is 2.07. The second-order valence-electron chi connectivity index (χ2n) is 2.79. The predicted octanol–water partition coefficient (Wildman–Crippen LogP) is -0.678. The van der Waals surface area contributed by atoms with E-state index in [9.17, 15) is 0 Å². The van der Waals surface area contributed by atoms with Crippen molar-refractivity contribution in [1.82, 2.24) is 0 Å². The highest BCUT2D eigenvalue weighted by Gasteiger charge is 2.04. The highest BCUT2D eigenvalue weighted by molar-refractivity contribution is 6.35. The van der Waals surface area contributed by atoms with E-state index in [2.05, 4.69) is 10.6 Å². The Hall–Kier alpha value is -0.350. The van der Waals surface area contributed by atoms with Gasteiger partial charge in [0.15, 0.2) is 6.20 Å². The van der Waals surface area contributed by atoms with Gasteiger partial charge in [0, 0.05) is 12.1 Å². The molecule has 0 aliphatic carbocycles. The van der Waals surface area contributed by atoms with Gasteiger partial charge >= 0.3 is 0 Å². The van der Waals surface area contributed by atoms with Crippen LogP contribution < -0.4 is 28.5 Å². The highest BCUT2D eigenvalue weighted by atomic mass is 127. The fourth-order valence-electron chi connectivity index (χ4n) is 1.35. The topological polar surface area (TPSA) is 3.88 Å². The van der Waals surface area contributed by atoms with Gasteiger partial charge in [-0.2, -0.15) is 0 Å². The van der Waals surface area contributed by atoms with Crippen LogP contribution in [-0.4, -0.2) is 0 Å². The first-order chi connectivity index (χ1) is 5.79. The summed E-state index contributed by atoms with van der Waals surface area (Å²) in [5.74, 6) is 0. The van der Waals surface area contributed by atoms with Crippen molar-refractivity contribution < 1.29 is 28.5 Å². The second kappa shape index (κ2) is 4.24. The van der Waals surface area contributed by atoms with Crippen LogP contribution in [0.2, 0.25) is 5.02 Å². The van der Waals surface area contributed by atoms with E-state index >= 15 is 0 Å². The van der Waals surface area contributed by atoms with E-state index in [1.165, 1.54) is 0 Å². The number of rotatable bonds is 0. The largest absolute Gasteiger partial charge is 1.00 e. The summed E-state index contributed by atoms with van der Waals surface area (Å²) in [4.78, 5) is 0. The average molecular weight is 306 g/mol. The number of hydrogen-bond donors (Lipinski definition) is 0. The number of aryl methyl sites for hydroxylation is 1. The van der Waals surface area contributed by atoms with Gasteiger partial charge in [0.2, 0.25) is 5.52 Å². The molecule has 68 valence electrons. The minimum Gasteiger partial charge on any atom is -1.00 e. The first-order valence-electron chi connectivity index (χ1n) is 3.82. The molecule has 0 bridgehead atoms. The first kappa shape index (κ1) is 10.7. The minimum absolute atomic E-state index is 0. The monoisotopic (exact) mass is 305 g/mol. The van der Waals surface area contributed by atoms with E-state index in [1.807, 2.05) is 37.5 Å². The van der Waals surface area contributed by atoms with E-state index < -0.39 is 0 Å². The van der Waals surface area contributed by atoms with E-state index in [0.717, 1.165) is 15.9 Å². The lowest BCUT2D eigenvalue weighted by Crippen LogP contribution is -3.00. The third-order valence-electron chi connectivity index (χ3n) is 1.98. The molecule has 2 aromatic rings. The predicted molar refractivity (Wildman–Crippen MR) is 50.1 cm³/mol. The summed E-state index contributed by atoms with van der Waals surface area (Å²) in [7, 11) is 2.01. The molecule has 0 radical (unpaired) electrons. The van der Waals surface area contributed by atoms with E-state index in [0.29, 0.717) is 0 Å². The Kier molecular flexibility index (Phi) is 3.50. The Balaban J connectivity index is 0.000000845. The molecule has 0 atom stereocenters. The molecule has 1 aromatic heterocycles. The number of benzene rings is 1. The number of pyridine rings is 1. The van der Waals surface area contributed by atoms with Gasteiger partial charge in [0.05, 0.1) is 10.4 Å². The van der Waals surface area contributed by atoms with Gasteiger partial charge in [0.25, 0.3) is 0 Å². The lowest BCUT2D eigenvalue weighted by atomic mass is 10.2. The van der Waals surface area contributed by atoms with E-state index in [1.54, 1.807) is 0 Å². The Bertz CT molecular complexity index is 387. The van der Waals surface area contributed by atoms with Gasteiger partial charge in [-0.05, 0) is 12.1 Å². The molecule has 0 aliphatic rings. The quantitative estimate of drug-likeness (QED) is 0.449. The molecule has 0 saturated carbocycles. The zero-order valence-electron chi connectivity index (χ0n) is 7.17. The summed E-state index contributed by atoms with van der Waals surface area (Å²) < 4.78 is 2.06. The van der Waals surface area contributed by atoms with Gasteiger partial charge in [-0.1, -0.05) is 17.7 Å². The third-order valence-corrected chi connectivity index (χ3v) is 2.31. The molecule has 1 heterocycles. The van der Waals surface area contributed by atoms with Crippen molar-refractivity contribution in [1.29, 1.82) is 0 Å². The Labute approximate surface area is 99.4 Å². The van der Waals surface area contributed by atoms with E-state index in [4.69, 9.17) is 11.6 Å². The molecule has 2 rings (SSSR count). The Morgan fingerprint density at radius 2 is 1.92 bits per heavy atom. The number of fused-ring (bicyclic) bond motifs is 1. The first-order valence-corrected chi connectivity index (χ1v) is 4.20. The molecular formula is C10H9ClIN. The minimum atomic E-state index is 0. The summed E-state index contributed by atoms with van der Waals surface area (Å²) in [6, 6.07) is 9.95. The molecule has 0 saturated heterocycles. The molecule has 3 heteroatoms. The molecule has 0 spiro atoms. The summed E-state index contributed by atoms with van der Waals surface area (Å²) >= 11 is 6.02. The van der Waals surface area contributed by atoms with Gasteiger partial charge in [-0.15, -0.1) is 0 Å². The van der Waals surface area contributed by atoms with Crippen molar-refractivity contribution in [2.45, 2.75) is 0 Å². The normalized spacial score (nSPS) is 9.69. The van der Waals surface area contributed by atoms with Crippen LogP contribution in [-0.2, 0) is 7.05 Å². The molecular weight excluding hydrogens is 296 g/mol. The van der Waals surface area contributed by atoms with Crippen LogP contribution in [0.1, 0.15) is 0 Å². The van der Waals surface area contributed by atoms with Crippen LogP contribution in [0.15, 0.2) is 36.5 Å². The van der Waals surface area contributed by atoms with Crippen molar-refractivity contribution in [3.63, 3.8) is 0 Å². The maximum absolute atomic E-state index is 6.02. The smallest absolute Gasteiger partial charge is 0.213 e. The summed E-state index contributed by atoms with van der Waals surface area (Å²) in [5.41, 5.74) is 1.16. The van der Waals surface area contributed by atoms with Crippen molar-refractivity contribution in [3.05, 3.63) is 41.6 Å². The van der Waals surface area contributed by atoms with Gasteiger partial charge < -0.3 is 24.0 Å². The lowest BCUT2D eigenvalue weighted by Gasteiger charge is -1.96. The molecule has 0 N–H and O–H groups in total. The SMILES string of the molecule is C[n+]1cccc2c(Cl)cccc21.[I-]. The maximum Gasteiger partial charge on any atom is 0.213 e. The molecule has 0 fully saturated rings. The van der Waals surface area contributed by atoms with Crippen LogP contribution >= 0.6 is 11.6 Å². The zero-order valence-corrected chi connectivity index (χ0v) is 10.1. The summed E-state index contributed by atoms with van der Waals surface area (Å²) in [6.07, 6.45) is 2.01. The zero-order chi connectivity index (χ0) is 8.55. The third kappa shape index (κ3) is 1.94. The number of aromatic nitrogens is 1. The van der Waals surface area contributed by atoms with Crippen molar-refractivity contribution in [2.24, 2.45) is 7.05 Å². The summed E-state index contributed by atoms with van der Waals surface area (Å²) in [5, 5.41) is 1.91. The number of halogens is 2. The van der Waals surface area contributed by atoms with Crippen molar-refractivity contribution >= 4 is 22.5 Å². The van der Waals surface area contributed by atoms with Crippen LogP contribution in [0.5, 0.6) is 0 Å². The van der Waals surface area contributed by atoms with Crippen LogP contribution in [0.3, 0.4) is 0 Å². The number of hydrogen-bond acceptors (Lipinski definition) is 0. The van der Waals surface area contributed by atoms with Gasteiger partial charge in [-0.3, -0.25) is 0 Å². The molecule has 13 heavy (non-hydrogen) atoms.